The molecule has 0 aliphatic carbocycles. The predicted octanol–water partition coefficient (Wildman–Crippen LogP) is 2.46. The summed E-state index contributed by atoms with van der Waals surface area (Å²) < 4.78 is 0. The predicted molar refractivity (Wildman–Crippen MR) is 65.9 cm³/mol. The molecule has 0 aliphatic rings. The first-order valence-corrected chi connectivity index (χ1v) is 5.34. The molecule has 0 saturated carbocycles. The summed E-state index contributed by atoms with van der Waals surface area (Å²) in [6.07, 6.45) is 7.13. The Bertz CT molecular complexity index is 360. The largest absolute Gasteiger partial charge is 0.316 e. The third-order valence-electron chi connectivity index (χ3n) is 2.74. The smallest absolute Gasteiger partial charge is 0.0243 e. The van der Waals surface area contributed by atoms with E-state index >= 15 is 0 Å². The van der Waals surface area contributed by atoms with Gasteiger partial charge in [0.1, 0.15) is 0 Å². The van der Waals surface area contributed by atoms with Crippen LogP contribution in [0.5, 0.6) is 0 Å². The molecule has 0 aromatic heterocycles. The van der Waals surface area contributed by atoms with Crippen LogP contribution in [0, 0.1) is 26.2 Å². The van der Waals surface area contributed by atoms with Crippen molar-refractivity contribution in [3.8, 4) is 12.3 Å². The van der Waals surface area contributed by atoms with E-state index in [9.17, 15) is 0 Å². The minimum atomic E-state index is 0.385. The van der Waals surface area contributed by atoms with Gasteiger partial charge in [-0.25, -0.2) is 0 Å². The number of terminal acetylenes is 1. The quantitative estimate of drug-likeness (QED) is 0.738. The molecule has 0 aliphatic heterocycles. The summed E-state index contributed by atoms with van der Waals surface area (Å²) in [5.74, 6) is 2.71. The average Bonchev–Trinajstić information content (AvgIpc) is 2.22. The molecule has 1 heteroatoms. The maximum Gasteiger partial charge on any atom is 0.0243 e. The van der Waals surface area contributed by atoms with Crippen molar-refractivity contribution in [2.45, 2.75) is 32.7 Å². The van der Waals surface area contributed by atoms with E-state index in [0.717, 1.165) is 12.8 Å². The summed E-state index contributed by atoms with van der Waals surface area (Å²) in [5.41, 5.74) is 4.05. The van der Waals surface area contributed by atoms with Gasteiger partial charge in [0.2, 0.25) is 0 Å². The molecule has 80 valence electrons. The number of nitrogens with one attached hydrogen (secondary N) is 1. The first-order valence-electron chi connectivity index (χ1n) is 5.34. The van der Waals surface area contributed by atoms with Crippen molar-refractivity contribution in [2.75, 3.05) is 7.05 Å². The fourth-order valence-corrected chi connectivity index (χ4v) is 1.70. The van der Waals surface area contributed by atoms with Crippen LogP contribution in [0.3, 0.4) is 0 Å². The minimum Gasteiger partial charge on any atom is -0.316 e. The van der Waals surface area contributed by atoms with Gasteiger partial charge in [-0.05, 0) is 38.4 Å². The molecule has 0 fully saturated rings. The van der Waals surface area contributed by atoms with Gasteiger partial charge in [0.15, 0.2) is 0 Å². The van der Waals surface area contributed by atoms with E-state index in [1.54, 1.807) is 0 Å². The topological polar surface area (TPSA) is 12.0 Å². The zero-order chi connectivity index (χ0) is 11.3. The highest BCUT2D eigenvalue weighted by atomic mass is 14.9. The Kier molecular flexibility index (Phi) is 4.39. The second kappa shape index (κ2) is 5.58. The van der Waals surface area contributed by atoms with Crippen molar-refractivity contribution in [2.24, 2.45) is 0 Å². The molecule has 1 atom stereocenters. The lowest BCUT2D eigenvalue weighted by Crippen LogP contribution is -2.27. The first-order chi connectivity index (χ1) is 7.17. The molecule has 1 unspecified atom stereocenters. The third-order valence-corrected chi connectivity index (χ3v) is 2.74. The summed E-state index contributed by atoms with van der Waals surface area (Å²) in [6.45, 7) is 4.27. The fourth-order valence-electron chi connectivity index (χ4n) is 1.70. The first kappa shape index (κ1) is 11.8. The van der Waals surface area contributed by atoms with Gasteiger partial charge < -0.3 is 5.32 Å². The van der Waals surface area contributed by atoms with Crippen LogP contribution in [0.1, 0.15) is 23.1 Å². The Balaban J connectivity index is 2.78. The summed E-state index contributed by atoms with van der Waals surface area (Å²) >= 11 is 0. The lowest BCUT2D eigenvalue weighted by atomic mass is 9.98. The standard InChI is InChI=1S/C14H19N/c1-5-6-14(15-4)10-13-9-11(2)7-8-12(13)3/h1,7-9,14-15H,6,10H2,2-4H3. The SMILES string of the molecule is C#CCC(Cc1cc(C)ccc1C)NC. The van der Waals surface area contributed by atoms with E-state index in [-0.39, 0.29) is 0 Å². The fraction of sp³-hybridized carbons (Fsp3) is 0.429. The normalized spacial score (nSPS) is 12.1. The summed E-state index contributed by atoms with van der Waals surface area (Å²) in [7, 11) is 1.97. The number of rotatable bonds is 4. The average molecular weight is 201 g/mol. The van der Waals surface area contributed by atoms with E-state index in [4.69, 9.17) is 6.42 Å². The second-order valence-corrected chi connectivity index (χ2v) is 4.03. The highest BCUT2D eigenvalue weighted by Crippen LogP contribution is 2.13. The molecule has 0 saturated heterocycles. The maximum absolute atomic E-state index is 5.34. The summed E-state index contributed by atoms with van der Waals surface area (Å²) in [5, 5.41) is 3.26. The van der Waals surface area contributed by atoms with E-state index in [1.807, 2.05) is 7.05 Å². The van der Waals surface area contributed by atoms with Gasteiger partial charge in [-0.3, -0.25) is 0 Å². The van der Waals surface area contributed by atoms with Crippen LogP contribution in [-0.2, 0) is 6.42 Å². The van der Waals surface area contributed by atoms with Crippen molar-refractivity contribution < 1.29 is 0 Å². The van der Waals surface area contributed by atoms with Crippen LogP contribution >= 0.6 is 0 Å². The number of hydrogen-bond acceptors (Lipinski definition) is 1. The van der Waals surface area contributed by atoms with Gasteiger partial charge in [-0.1, -0.05) is 23.8 Å². The Hall–Kier alpha value is -1.26. The van der Waals surface area contributed by atoms with Crippen LogP contribution in [-0.4, -0.2) is 13.1 Å². The highest BCUT2D eigenvalue weighted by Gasteiger charge is 2.07. The third kappa shape index (κ3) is 3.42. The lowest BCUT2D eigenvalue weighted by Gasteiger charge is -2.15. The Labute approximate surface area is 92.9 Å². The van der Waals surface area contributed by atoms with Crippen LogP contribution < -0.4 is 5.32 Å². The van der Waals surface area contributed by atoms with Crippen molar-refractivity contribution in [3.05, 3.63) is 34.9 Å². The van der Waals surface area contributed by atoms with E-state index in [0.29, 0.717) is 6.04 Å². The molecule has 1 N–H and O–H groups in total. The van der Waals surface area contributed by atoms with Crippen LogP contribution in [0.2, 0.25) is 0 Å². The Morgan fingerprint density at radius 3 is 2.73 bits per heavy atom. The molecule has 0 bridgehead atoms. The molecule has 1 rings (SSSR count). The molecule has 1 aromatic rings. The molecular weight excluding hydrogens is 182 g/mol. The number of benzene rings is 1. The van der Waals surface area contributed by atoms with Crippen LogP contribution in [0.4, 0.5) is 0 Å². The Morgan fingerprint density at radius 1 is 1.40 bits per heavy atom. The van der Waals surface area contributed by atoms with Gasteiger partial charge >= 0.3 is 0 Å². The summed E-state index contributed by atoms with van der Waals surface area (Å²) in [4.78, 5) is 0. The molecular formula is C14H19N. The van der Waals surface area contributed by atoms with Gasteiger partial charge in [0, 0.05) is 12.5 Å². The molecule has 15 heavy (non-hydrogen) atoms. The number of likely N-dealkylation sites (N-methyl/N-ethyl adjacent to an activating group) is 1. The van der Waals surface area contributed by atoms with E-state index in [2.05, 4.69) is 43.3 Å². The van der Waals surface area contributed by atoms with Gasteiger partial charge in [-0.2, -0.15) is 0 Å². The molecule has 0 radical (unpaired) electrons. The molecule has 1 nitrogen and oxygen atoms in total. The van der Waals surface area contributed by atoms with E-state index < -0.39 is 0 Å². The number of hydrogen-bond donors (Lipinski definition) is 1. The Morgan fingerprint density at radius 2 is 2.13 bits per heavy atom. The second-order valence-electron chi connectivity index (χ2n) is 4.03. The van der Waals surface area contributed by atoms with Crippen LogP contribution in [0.15, 0.2) is 18.2 Å². The molecule has 0 heterocycles. The molecule has 0 spiro atoms. The molecule has 1 aromatic carbocycles. The summed E-state index contributed by atoms with van der Waals surface area (Å²) in [6, 6.07) is 6.95. The van der Waals surface area contributed by atoms with Crippen LogP contribution in [0.25, 0.3) is 0 Å². The zero-order valence-corrected chi connectivity index (χ0v) is 9.80. The van der Waals surface area contributed by atoms with E-state index in [1.165, 1.54) is 16.7 Å². The van der Waals surface area contributed by atoms with Crippen molar-refractivity contribution in [3.63, 3.8) is 0 Å². The molecule has 0 amide bonds. The minimum absolute atomic E-state index is 0.385. The van der Waals surface area contributed by atoms with Crippen molar-refractivity contribution in [1.82, 2.24) is 5.32 Å². The van der Waals surface area contributed by atoms with Gasteiger partial charge in [0.25, 0.3) is 0 Å². The lowest BCUT2D eigenvalue weighted by molar-refractivity contribution is 0.571. The number of aryl methyl sites for hydroxylation is 2. The van der Waals surface area contributed by atoms with Crippen molar-refractivity contribution >= 4 is 0 Å². The zero-order valence-electron chi connectivity index (χ0n) is 9.80. The van der Waals surface area contributed by atoms with Gasteiger partial charge in [0.05, 0.1) is 0 Å². The maximum atomic E-state index is 5.34. The van der Waals surface area contributed by atoms with Gasteiger partial charge in [-0.15, -0.1) is 12.3 Å². The monoisotopic (exact) mass is 201 g/mol. The highest BCUT2D eigenvalue weighted by molar-refractivity contribution is 5.31. The van der Waals surface area contributed by atoms with Crippen molar-refractivity contribution in [1.29, 1.82) is 0 Å².